The molecule has 0 aromatic heterocycles. The third kappa shape index (κ3) is 7.99. The normalized spacial score (nSPS) is 15.5. The van der Waals surface area contributed by atoms with Gasteiger partial charge >= 0.3 is 6.03 Å². The third-order valence-corrected chi connectivity index (χ3v) is 6.08. The van der Waals surface area contributed by atoms with E-state index in [4.69, 9.17) is 0 Å². The fourth-order valence-electron chi connectivity index (χ4n) is 3.35. The van der Waals surface area contributed by atoms with Crippen molar-refractivity contribution in [1.29, 1.82) is 0 Å². The number of nitrogens with zero attached hydrogens (tertiary/aromatic N) is 3. The number of rotatable bonds is 9. The number of hydrogen-bond donors (Lipinski definition) is 1. The van der Waals surface area contributed by atoms with Crippen LogP contribution in [-0.2, 0) is 16.0 Å². The molecule has 1 N–H and O–H groups in total. The van der Waals surface area contributed by atoms with Crippen LogP contribution in [0.25, 0.3) is 0 Å². The number of amides is 3. The van der Waals surface area contributed by atoms with Gasteiger partial charge in [-0.2, -0.15) is 0 Å². The van der Waals surface area contributed by atoms with Crippen LogP contribution in [0.5, 0.6) is 0 Å². The molecule has 30 heavy (non-hydrogen) atoms. The Hall–Kier alpha value is -2.06. The van der Waals surface area contributed by atoms with Crippen molar-refractivity contribution in [3.05, 3.63) is 35.9 Å². The van der Waals surface area contributed by atoms with E-state index in [0.29, 0.717) is 38.4 Å². The predicted octanol–water partition coefficient (Wildman–Crippen LogP) is 2.07. The predicted molar refractivity (Wildman–Crippen MR) is 122 cm³/mol. The quantitative estimate of drug-likeness (QED) is 0.644. The molecule has 1 aliphatic heterocycles. The highest BCUT2D eigenvalue weighted by Gasteiger charge is 2.28. The minimum atomic E-state index is -0.527. The summed E-state index contributed by atoms with van der Waals surface area (Å²) in [6.45, 7) is 7.52. The minimum absolute atomic E-state index is 0.0138. The van der Waals surface area contributed by atoms with Crippen LogP contribution in [0.4, 0.5) is 4.79 Å². The molecule has 1 fully saturated rings. The highest BCUT2D eigenvalue weighted by atomic mass is 32.2. The SMILES string of the molecule is CCC(NC(=O)N(CCSC(C)=O)CCc1ccccc1)C(=O)N1CCN(C)CC1. The topological polar surface area (TPSA) is 73.0 Å². The molecular weight excluding hydrogens is 400 g/mol. The van der Waals surface area contributed by atoms with Gasteiger partial charge in [-0.05, 0) is 25.5 Å². The maximum Gasteiger partial charge on any atom is 0.318 e. The monoisotopic (exact) mass is 434 g/mol. The van der Waals surface area contributed by atoms with Crippen molar-refractivity contribution in [2.45, 2.75) is 32.7 Å². The maximum atomic E-state index is 13.0. The van der Waals surface area contributed by atoms with Crippen LogP contribution in [-0.4, -0.2) is 89.9 Å². The number of carbonyl (C=O) groups excluding carboxylic acids is 3. The third-order valence-electron chi connectivity index (χ3n) is 5.29. The summed E-state index contributed by atoms with van der Waals surface area (Å²) in [4.78, 5) is 42.9. The molecule has 7 nitrogen and oxygen atoms in total. The Morgan fingerprint density at radius 1 is 1.10 bits per heavy atom. The number of likely N-dealkylation sites (N-methyl/N-ethyl adjacent to an activating group) is 1. The first kappa shape index (κ1) is 24.2. The van der Waals surface area contributed by atoms with Crippen LogP contribution in [0.15, 0.2) is 30.3 Å². The van der Waals surface area contributed by atoms with Gasteiger partial charge in [0.2, 0.25) is 5.91 Å². The molecule has 1 aliphatic rings. The Bertz CT molecular complexity index is 693. The average molecular weight is 435 g/mol. The van der Waals surface area contributed by atoms with Crippen LogP contribution in [0.2, 0.25) is 0 Å². The number of hydrogen-bond acceptors (Lipinski definition) is 5. The van der Waals surface area contributed by atoms with E-state index in [-0.39, 0.29) is 17.1 Å². The van der Waals surface area contributed by atoms with E-state index >= 15 is 0 Å². The highest BCUT2D eigenvalue weighted by Crippen LogP contribution is 2.08. The fourth-order valence-corrected chi connectivity index (χ4v) is 3.95. The molecule has 2 rings (SSSR count). The Morgan fingerprint density at radius 3 is 2.37 bits per heavy atom. The van der Waals surface area contributed by atoms with Crippen LogP contribution in [0, 0.1) is 0 Å². The molecule has 0 saturated carbocycles. The first-order valence-electron chi connectivity index (χ1n) is 10.6. The van der Waals surface area contributed by atoms with Crippen molar-refractivity contribution in [2.24, 2.45) is 0 Å². The summed E-state index contributed by atoms with van der Waals surface area (Å²) in [6.07, 6.45) is 1.27. The summed E-state index contributed by atoms with van der Waals surface area (Å²) in [5, 5.41) is 2.97. The summed E-state index contributed by atoms with van der Waals surface area (Å²) >= 11 is 1.21. The molecule has 1 heterocycles. The molecule has 0 aliphatic carbocycles. The van der Waals surface area contributed by atoms with Crippen LogP contribution in [0.3, 0.4) is 0 Å². The lowest BCUT2D eigenvalue weighted by atomic mass is 10.1. The second kappa shape index (κ2) is 12.6. The van der Waals surface area contributed by atoms with Gasteiger partial charge in [-0.3, -0.25) is 9.59 Å². The van der Waals surface area contributed by atoms with Crippen molar-refractivity contribution in [3.8, 4) is 0 Å². The molecular formula is C22H34N4O3S. The van der Waals surface area contributed by atoms with Crippen molar-refractivity contribution >= 4 is 28.8 Å². The molecule has 1 saturated heterocycles. The van der Waals surface area contributed by atoms with E-state index in [1.54, 1.807) is 4.90 Å². The molecule has 1 unspecified atom stereocenters. The zero-order valence-electron chi connectivity index (χ0n) is 18.3. The Labute approximate surface area is 184 Å². The standard InChI is InChI=1S/C22H34N4O3S/c1-4-20(21(28)25-14-12-24(3)13-15-25)23-22(29)26(16-17-30-18(2)27)11-10-19-8-6-5-7-9-19/h5-9,20H,4,10-17H2,1-3H3,(H,23,29). The largest absolute Gasteiger partial charge is 0.338 e. The maximum absolute atomic E-state index is 13.0. The van der Waals surface area contributed by atoms with Gasteiger partial charge < -0.3 is 20.0 Å². The number of carbonyl (C=O) groups is 3. The molecule has 166 valence electrons. The van der Waals surface area contributed by atoms with Gasteiger partial charge in [-0.25, -0.2) is 4.79 Å². The molecule has 0 spiro atoms. The molecule has 1 aromatic rings. The van der Waals surface area contributed by atoms with E-state index in [1.807, 2.05) is 49.2 Å². The van der Waals surface area contributed by atoms with Gasteiger partial charge in [0, 0.05) is 51.9 Å². The van der Waals surface area contributed by atoms with Crippen molar-refractivity contribution in [2.75, 3.05) is 52.1 Å². The van der Waals surface area contributed by atoms with E-state index in [2.05, 4.69) is 10.2 Å². The number of piperazine rings is 1. The number of nitrogens with one attached hydrogen (secondary N) is 1. The van der Waals surface area contributed by atoms with Gasteiger partial charge in [0.15, 0.2) is 5.12 Å². The van der Waals surface area contributed by atoms with E-state index < -0.39 is 6.04 Å². The molecule has 0 bridgehead atoms. The molecule has 1 aromatic carbocycles. The van der Waals surface area contributed by atoms with Crippen molar-refractivity contribution < 1.29 is 14.4 Å². The second-order valence-electron chi connectivity index (χ2n) is 7.60. The lowest BCUT2D eigenvalue weighted by Gasteiger charge is -2.35. The van der Waals surface area contributed by atoms with E-state index in [1.165, 1.54) is 18.7 Å². The van der Waals surface area contributed by atoms with Crippen LogP contribution >= 0.6 is 11.8 Å². The Morgan fingerprint density at radius 2 is 1.77 bits per heavy atom. The Kier molecular flexibility index (Phi) is 10.2. The molecule has 0 radical (unpaired) electrons. The second-order valence-corrected chi connectivity index (χ2v) is 8.87. The first-order chi connectivity index (χ1) is 14.4. The average Bonchev–Trinajstić information content (AvgIpc) is 2.74. The summed E-state index contributed by atoms with van der Waals surface area (Å²) < 4.78 is 0. The van der Waals surface area contributed by atoms with Crippen LogP contribution in [0.1, 0.15) is 25.8 Å². The minimum Gasteiger partial charge on any atom is -0.338 e. The lowest BCUT2D eigenvalue weighted by molar-refractivity contribution is -0.134. The summed E-state index contributed by atoms with van der Waals surface area (Å²) in [6, 6.07) is 9.22. The molecule has 8 heteroatoms. The van der Waals surface area contributed by atoms with Crippen molar-refractivity contribution in [3.63, 3.8) is 0 Å². The molecule has 3 amide bonds. The number of urea groups is 1. The number of thioether (sulfide) groups is 1. The summed E-state index contributed by atoms with van der Waals surface area (Å²) in [5.41, 5.74) is 1.15. The van der Waals surface area contributed by atoms with E-state index in [0.717, 1.165) is 25.1 Å². The van der Waals surface area contributed by atoms with Gasteiger partial charge in [-0.15, -0.1) is 0 Å². The first-order valence-corrected chi connectivity index (χ1v) is 11.6. The zero-order valence-corrected chi connectivity index (χ0v) is 19.1. The summed E-state index contributed by atoms with van der Waals surface area (Å²) in [5.74, 6) is 0.529. The van der Waals surface area contributed by atoms with Crippen molar-refractivity contribution in [1.82, 2.24) is 20.0 Å². The van der Waals surface area contributed by atoms with Crippen LogP contribution < -0.4 is 5.32 Å². The summed E-state index contributed by atoms with van der Waals surface area (Å²) in [7, 11) is 2.05. The number of benzene rings is 1. The smallest absolute Gasteiger partial charge is 0.318 e. The van der Waals surface area contributed by atoms with Gasteiger partial charge in [0.25, 0.3) is 0 Å². The van der Waals surface area contributed by atoms with Gasteiger partial charge in [0.05, 0.1) is 0 Å². The van der Waals surface area contributed by atoms with Gasteiger partial charge in [0.1, 0.15) is 6.04 Å². The highest BCUT2D eigenvalue weighted by molar-refractivity contribution is 8.13. The van der Waals surface area contributed by atoms with E-state index in [9.17, 15) is 14.4 Å². The Balaban J connectivity index is 1.97. The zero-order chi connectivity index (χ0) is 21.9. The van der Waals surface area contributed by atoms with Gasteiger partial charge in [-0.1, -0.05) is 49.0 Å². The lowest BCUT2D eigenvalue weighted by Crippen LogP contribution is -2.56. The fraction of sp³-hybridized carbons (Fsp3) is 0.591. The molecule has 1 atom stereocenters.